The SMILES string of the molecule is N#Cc1cc(N2CC3(CCCCCC3)C2)ccc1F. The van der Waals surface area contributed by atoms with Gasteiger partial charge in [-0.05, 0) is 31.0 Å². The van der Waals surface area contributed by atoms with Crippen molar-refractivity contribution in [2.45, 2.75) is 38.5 Å². The molecule has 2 aliphatic rings. The van der Waals surface area contributed by atoms with Gasteiger partial charge in [0, 0.05) is 24.2 Å². The fourth-order valence-electron chi connectivity index (χ4n) is 3.54. The van der Waals surface area contributed by atoms with Crippen LogP contribution in [0.3, 0.4) is 0 Å². The van der Waals surface area contributed by atoms with Gasteiger partial charge < -0.3 is 4.90 Å². The maximum Gasteiger partial charge on any atom is 0.141 e. The molecule has 2 nitrogen and oxygen atoms in total. The summed E-state index contributed by atoms with van der Waals surface area (Å²) in [7, 11) is 0. The molecule has 3 heteroatoms. The molecule has 100 valence electrons. The van der Waals surface area contributed by atoms with Crippen LogP contribution >= 0.6 is 0 Å². The summed E-state index contributed by atoms with van der Waals surface area (Å²) in [6, 6.07) is 6.80. The first kappa shape index (κ1) is 12.5. The number of anilines is 1. The molecule has 1 aliphatic carbocycles. The summed E-state index contributed by atoms with van der Waals surface area (Å²) in [6.45, 7) is 2.15. The number of hydrogen-bond acceptors (Lipinski definition) is 2. The molecule has 0 N–H and O–H groups in total. The molecular formula is C16H19FN2. The monoisotopic (exact) mass is 258 g/mol. The Hall–Kier alpha value is -1.56. The van der Waals surface area contributed by atoms with Crippen LogP contribution < -0.4 is 4.90 Å². The standard InChI is InChI=1S/C16H19FN2/c17-15-6-5-14(9-13(15)10-18)19-11-16(12-19)7-3-1-2-4-8-16/h5-6,9H,1-4,7-8,11-12H2. The van der Waals surface area contributed by atoms with Gasteiger partial charge in [-0.25, -0.2) is 4.39 Å². The molecule has 0 bridgehead atoms. The summed E-state index contributed by atoms with van der Waals surface area (Å²) in [5.74, 6) is -0.420. The van der Waals surface area contributed by atoms with Gasteiger partial charge in [-0.1, -0.05) is 25.7 Å². The molecule has 1 heterocycles. The molecule has 1 aliphatic heterocycles. The molecule has 2 fully saturated rings. The van der Waals surface area contributed by atoms with Gasteiger partial charge in [0.05, 0.1) is 5.56 Å². The summed E-state index contributed by atoms with van der Waals surface area (Å²) in [5.41, 5.74) is 1.64. The Morgan fingerprint density at radius 3 is 2.42 bits per heavy atom. The highest BCUT2D eigenvalue weighted by Gasteiger charge is 2.42. The number of hydrogen-bond donors (Lipinski definition) is 0. The van der Waals surface area contributed by atoms with Crippen LogP contribution in [0.1, 0.15) is 44.1 Å². The van der Waals surface area contributed by atoms with Crippen molar-refractivity contribution in [2.24, 2.45) is 5.41 Å². The smallest absolute Gasteiger partial charge is 0.141 e. The second-order valence-electron chi connectivity index (χ2n) is 6.05. The third-order valence-electron chi connectivity index (χ3n) is 4.65. The van der Waals surface area contributed by atoms with Crippen molar-refractivity contribution >= 4 is 5.69 Å². The topological polar surface area (TPSA) is 27.0 Å². The number of nitrogens with zero attached hydrogens (tertiary/aromatic N) is 2. The lowest BCUT2D eigenvalue weighted by Gasteiger charge is -2.51. The van der Waals surface area contributed by atoms with Crippen LogP contribution in [-0.2, 0) is 0 Å². The van der Waals surface area contributed by atoms with Crippen LogP contribution in [0.4, 0.5) is 10.1 Å². The molecule has 0 atom stereocenters. The van der Waals surface area contributed by atoms with Gasteiger partial charge >= 0.3 is 0 Å². The molecule has 1 spiro atoms. The normalized spacial score (nSPS) is 21.6. The molecule has 19 heavy (non-hydrogen) atoms. The Morgan fingerprint density at radius 1 is 1.11 bits per heavy atom. The van der Waals surface area contributed by atoms with Crippen molar-refractivity contribution in [1.29, 1.82) is 5.26 Å². The second-order valence-corrected chi connectivity index (χ2v) is 6.05. The van der Waals surface area contributed by atoms with Crippen molar-refractivity contribution in [2.75, 3.05) is 18.0 Å². The molecule has 0 aromatic heterocycles. The van der Waals surface area contributed by atoms with E-state index in [1.807, 2.05) is 6.07 Å². The highest BCUT2D eigenvalue weighted by Crippen LogP contribution is 2.44. The average Bonchev–Trinajstić information content (AvgIpc) is 2.63. The van der Waals surface area contributed by atoms with Crippen LogP contribution in [0.15, 0.2) is 18.2 Å². The minimum Gasteiger partial charge on any atom is -0.370 e. The number of nitriles is 1. The zero-order valence-electron chi connectivity index (χ0n) is 11.2. The van der Waals surface area contributed by atoms with E-state index in [2.05, 4.69) is 4.90 Å². The van der Waals surface area contributed by atoms with Crippen LogP contribution in [0.25, 0.3) is 0 Å². The van der Waals surface area contributed by atoms with E-state index < -0.39 is 5.82 Å². The van der Waals surface area contributed by atoms with E-state index in [9.17, 15) is 4.39 Å². The fourth-order valence-corrected chi connectivity index (χ4v) is 3.54. The molecule has 1 aromatic carbocycles. The number of halogens is 1. The second kappa shape index (κ2) is 4.85. The Kier molecular flexibility index (Phi) is 3.18. The van der Waals surface area contributed by atoms with Crippen LogP contribution in [0.5, 0.6) is 0 Å². The Balaban J connectivity index is 1.71. The van der Waals surface area contributed by atoms with Crippen molar-refractivity contribution < 1.29 is 4.39 Å². The van der Waals surface area contributed by atoms with E-state index in [0.717, 1.165) is 18.8 Å². The maximum absolute atomic E-state index is 13.3. The lowest BCUT2D eigenvalue weighted by atomic mass is 9.73. The number of benzene rings is 1. The molecular weight excluding hydrogens is 239 g/mol. The van der Waals surface area contributed by atoms with Gasteiger partial charge in [-0.3, -0.25) is 0 Å². The average molecular weight is 258 g/mol. The number of rotatable bonds is 1. The Bertz CT molecular complexity index is 502. The van der Waals surface area contributed by atoms with Gasteiger partial charge in [0.25, 0.3) is 0 Å². The zero-order chi connectivity index (χ0) is 13.3. The van der Waals surface area contributed by atoms with Gasteiger partial charge in [0.2, 0.25) is 0 Å². The summed E-state index contributed by atoms with van der Waals surface area (Å²) in [5, 5.41) is 8.89. The largest absolute Gasteiger partial charge is 0.370 e. The molecule has 1 aromatic rings. The molecule has 3 rings (SSSR count). The Morgan fingerprint density at radius 2 is 1.79 bits per heavy atom. The molecule has 0 amide bonds. The highest BCUT2D eigenvalue weighted by atomic mass is 19.1. The maximum atomic E-state index is 13.3. The minimum atomic E-state index is -0.420. The lowest BCUT2D eigenvalue weighted by Crippen LogP contribution is -2.56. The third-order valence-corrected chi connectivity index (χ3v) is 4.65. The van der Waals surface area contributed by atoms with E-state index in [1.165, 1.54) is 44.6 Å². The summed E-state index contributed by atoms with van der Waals surface area (Å²) in [6.07, 6.45) is 8.10. The van der Waals surface area contributed by atoms with E-state index in [1.54, 1.807) is 12.1 Å². The summed E-state index contributed by atoms with van der Waals surface area (Å²) in [4.78, 5) is 2.28. The van der Waals surface area contributed by atoms with E-state index >= 15 is 0 Å². The van der Waals surface area contributed by atoms with Crippen LogP contribution in [0, 0.1) is 22.6 Å². The van der Waals surface area contributed by atoms with Crippen LogP contribution in [0.2, 0.25) is 0 Å². The molecule has 0 radical (unpaired) electrons. The highest BCUT2D eigenvalue weighted by molar-refractivity contribution is 5.54. The van der Waals surface area contributed by atoms with Gasteiger partial charge in [0.1, 0.15) is 11.9 Å². The lowest BCUT2D eigenvalue weighted by molar-refractivity contribution is 0.180. The van der Waals surface area contributed by atoms with Gasteiger partial charge in [0.15, 0.2) is 0 Å². The summed E-state index contributed by atoms with van der Waals surface area (Å²) >= 11 is 0. The van der Waals surface area contributed by atoms with Crippen molar-refractivity contribution in [1.82, 2.24) is 0 Å². The fraction of sp³-hybridized carbons (Fsp3) is 0.562. The first-order valence-electron chi connectivity index (χ1n) is 7.17. The first-order valence-corrected chi connectivity index (χ1v) is 7.17. The summed E-state index contributed by atoms with van der Waals surface area (Å²) < 4.78 is 13.3. The predicted molar refractivity (Wildman–Crippen MR) is 73.5 cm³/mol. The first-order chi connectivity index (χ1) is 9.22. The van der Waals surface area contributed by atoms with Crippen molar-refractivity contribution in [3.8, 4) is 6.07 Å². The van der Waals surface area contributed by atoms with Gasteiger partial charge in [-0.2, -0.15) is 5.26 Å². The third kappa shape index (κ3) is 2.32. The van der Waals surface area contributed by atoms with Crippen LogP contribution in [-0.4, -0.2) is 13.1 Å². The van der Waals surface area contributed by atoms with Crippen molar-refractivity contribution in [3.63, 3.8) is 0 Å². The van der Waals surface area contributed by atoms with Gasteiger partial charge in [-0.15, -0.1) is 0 Å². The molecule has 0 unspecified atom stereocenters. The quantitative estimate of drug-likeness (QED) is 0.765. The van der Waals surface area contributed by atoms with E-state index in [-0.39, 0.29) is 5.56 Å². The molecule has 1 saturated heterocycles. The molecule has 1 saturated carbocycles. The van der Waals surface area contributed by atoms with E-state index in [4.69, 9.17) is 5.26 Å². The predicted octanol–water partition coefficient (Wildman–Crippen LogP) is 3.86. The Labute approximate surface area is 113 Å². The minimum absolute atomic E-state index is 0.152. The van der Waals surface area contributed by atoms with E-state index in [0.29, 0.717) is 5.41 Å². The zero-order valence-corrected chi connectivity index (χ0v) is 11.2. The van der Waals surface area contributed by atoms with Crippen molar-refractivity contribution in [3.05, 3.63) is 29.6 Å².